The lowest BCUT2D eigenvalue weighted by molar-refractivity contribution is -0.873. The Morgan fingerprint density at radius 2 is 2.00 bits per heavy atom. The van der Waals surface area contributed by atoms with Crippen LogP contribution in [0.15, 0.2) is 0 Å². The first-order chi connectivity index (χ1) is 5.35. The summed E-state index contributed by atoms with van der Waals surface area (Å²) in [5.74, 6) is 0. The van der Waals surface area contributed by atoms with Crippen molar-refractivity contribution in [3.8, 4) is 0 Å². The molecule has 0 bridgehead atoms. The standard InChI is InChI=1S/C8H17ClNO2/c1-10(2,3)6-7(12-4)5-8(9)11/h7H,5-6H2,1-4H3/q+1. The van der Waals surface area contributed by atoms with Gasteiger partial charge in [-0.1, -0.05) is 0 Å². The minimum Gasteiger partial charge on any atom is -0.375 e. The van der Waals surface area contributed by atoms with E-state index < -0.39 is 0 Å². The molecule has 0 aliphatic carbocycles. The maximum Gasteiger partial charge on any atom is 0.224 e. The van der Waals surface area contributed by atoms with Gasteiger partial charge in [-0.15, -0.1) is 0 Å². The molecule has 0 heterocycles. The number of hydrogen-bond donors (Lipinski definition) is 0. The van der Waals surface area contributed by atoms with E-state index in [-0.39, 0.29) is 17.8 Å². The molecule has 0 saturated carbocycles. The highest BCUT2D eigenvalue weighted by molar-refractivity contribution is 6.63. The first kappa shape index (κ1) is 11.9. The average molecular weight is 195 g/mol. The van der Waals surface area contributed by atoms with Crippen molar-refractivity contribution in [3.05, 3.63) is 0 Å². The van der Waals surface area contributed by atoms with Gasteiger partial charge >= 0.3 is 0 Å². The van der Waals surface area contributed by atoms with Crippen LogP contribution in [0.5, 0.6) is 0 Å². The van der Waals surface area contributed by atoms with Crippen LogP contribution in [0, 0.1) is 0 Å². The van der Waals surface area contributed by atoms with Crippen molar-refractivity contribution in [2.75, 3.05) is 34.8 Å². The van der Waals surface area contributed by atoms with E-state index >= 15 is 0 Å². The van der Waals surface area contributed by atoms with Crippen LogP contribution in [0.4, 0.5) is 0 Å². The van der Waals surface area contributed by atoms with Gasteiger partial charge in [0.25, 0.3) is 0 Å². The molecule has 1 atom stereocenters. The van der Waals surface area contributed by atoms with Crippen molar-refractivity contribution in [1.29, 1.82) is 0 Å². The van der Waals surface area contributed by atoms with E-state index in [2.05, 4.69) is 0 Å². The van der Waals surface area contributed by atoms with Crippen LogP contribution >= 0.6 is 11.6 Å². The molecular formula is C8H17ClNO2+. The molecule has 0 spiro atoms. The Morgan fingerprint density at radius 3 is 2.25 bits per heavy atom. The summed E-state index contributed by atoms with van der Waals surface area (Å²) in [4.78, 5) is 10.6. The number of hydrogen-bond acceptors (Lipinski definition) is 2. The molecule has 1 unspecified atom stereocenters. The summed E-state index contributed by atoms with van der Waals surface area (Å²) in [7, 11) is 7.74. The lowest BCUT2D eigenvalue weighted by Gasteiger charge is -2.27. The van der Waals surface area contributed by atoms with Crippen LogP contribution < -0.4 is 0 Å². The number of rotatable bonds is 5. The number of carbonyl (C=O) groups excluding carboxylic acids is 1. The van der Waals surface area contributed by atoms with E-state index in [1.165, 1.54) is 0 Å². The molecule has 0 aromatic carbocycles. The van der Waals surface area contributed by atoms with Crippen LogP contribution in [-0.2, 0) is 9.53 Å². The van der Waals surface area contributed by atoms with Gasteiger partial charge in [-0.25, -0.2) is 0 Å². The van der Waals surface area contributed by atoms with Gasteiger partial charge in [0.15, 0.2) is 0 Å². The van der Waals surface area contributed by atoms with Crippen molar-refractivity contribution < 1.29 is 14.0 Å². The van der Waals surface area contributed by atoms with Gasteiger partial charge in [-0.05, 0) is 11.6 Å². The van der Waals surface area contributed by atoms with Crippen LogP contribution in [0.1, 0.15) is 6.42 Å². The molecule has 0 aliphatic heterocycles. The van der Waals surface area contributed by atoms with E-state index in [4.69, 9.17) is 16.3 Å². The normalized spacial score (nSPS) is 14.4. The van der Waals surface area contributed by atoms with E-state index in [1.54, 1.807) is 7.11 Å². The largest absolute Gasteiger partial charge is 0.375 e. The molecule has 3 nitrogen and oxygen atoms in total. The summed E-state index contributed by atoms with van der Waals surface area (Å²) < 4.78 is 5.88. The third kappa shape index (κ3) is 6.58. The number of carbonyl (C=O) groups is 1. The van der Waals surface area contributed by atoms with E-state index in [0.29, 0.717) is 0 Å². The summed E-state index contributed by atoms with van der Waals surface area (Å²) in [6, 6.07) is 0. The minimum absolute atomic E-state index is 0.0741. The van der Waals surface area contributed by atoms with Crippen molar-refractivity contribution in [3.63, 3.8) is 0 Å². The zero-order valence-corrected chi connectivity index (χ0v) is 8.89. The molecule has 0 aliphatic rings. The van der Waals surface area contributed by atoms with Gasteiger partial charge in [0, 0.05) is 7.11 Å². The van der Waals surface area contributed by atoms with Crippen molar-refractivity contribution in [2.24, 2.45) is 0 Å². The summed E-state index contributed by atoms with van der Waals surface area (Å²) in [6.45, 7) is 0.787. The van der Waals surface area contributed by atoms with Crippen LogP contribution in [-0.4, -0.2) is 50.6 Å². The fourth-order valence-electron chi connectivity index (χ4n) is 1.01. The second kappa shape index (κ2) is 4.80. The molecule has 4 heteroatoms. The molecule has 0 rings (SSSR count). The predicted octanol–water partition coefficient (Wildman–Crippen LogP) is 0.863. The summed E-state index contributed by atoms with van der Waals surface area (Å²) in [5.41, 5.74) is 0. The first-order valence-corrected chi connectivity index (χ1v) is 4.24. The summed E-state index contributed by atoms with van der Waals surface area (Å²) in [5, 5.41) is -0.338. The van der Waals surface area contributed by atoms with Gasteiger partial charge in [0.1, 0.15) is 12.6 Å². The average Bonchev–Trinajstić information content (AvgIpc) is 1.82. The molecule has 0 saturated heterocycles. The highest BCUT2D eigenvalue weighted by Gasteiger charge is 2.19. The van der Waals surface area contributed by atoms with Gasteiger partial charge in [-0.2, -0.15) is 0 Å². The number of halogens is 1. The summed E-state index contributed by atoms with van der Waals surface area (Å²) >= 11 is 5.25. The Kier molecular flexibility index (Phi) is 4.75. The molecule has 0 radical (unpaired) electrons. The highest BCUT2D eigenvalue weighted by Crippen LogP contribution is 2.05. The summed E-state index contributed by atoms with van der Waals surface area (Å²) in [6.07, 6.45) is 0.211. The molecule has 0 fully saturated rings. The zero-order valence-electron chi connectivity index (χ0n) is 8.13. The van der Waals surface area contributed by atoms with Crippen LogP contribution in [0.2, 0.25) is 0 Å². The topological polar surface area (TPSA) is 26.3 Å². The number of likely N-dealkylation sites (N-methyl/N-ethyl adjacent to an activating group) is 1. The molecule has 72 valence electrons. The Morgan fingerprint density at radius 1 is 1.50 bits per heavy atom. The zero-order chi connectivity index (χ0) is 9.78. The molecule has 0 aromatic heterocycles. The minimum atomic E-state index is -0.338. The van der Waals surface area contributed by atoms with E-state index in [9.17, 15) is 4.79 Å². The van der Waals surface area contributed by atoms with Crippen molar-refractivity contribution in [1.82, 2.24) is 0 Å². The third-order valence-corrected chi connectivity index (χ3v) is 1.63. The van der Waals surface area contributed by atoms with Crippen LogP contribution in [0.25, 0.3) is 0 Å². The first-order valence-electron chi connectivity index (χ1n) is 3.86. The SMILES string of the molecule is COC(CC(=O)Cl)C[N+](C)(C)C. The van der Waals surface area contributed by atoms with Crippen LogP contribution in [0.3, 0.4) is 0 Å². The fourth-order valence-corrected chi connectivity index (χ4v) is 1.18. The molecule has 0 amide bonds. The fraction of sp³-hybridized carbons (Fsp3) is 0.875. The third-order valence-electron chi connectivity index (χ3n) is 1.47. The highest BCUT2D eigenvalue weighted by atomic mass is 35.5. The number of methoxy groups -OCH3 is 1. The van der Waals surface area contributed by atoms with Gasteiger partial charge < -0.3 is 9.22 Å². The van der Waals surface area contributed by atoms with Gasteiger partial charge in [0.2, 0.25) is 5.24 Å². The Bertz CT molecular complexity index is 154. The molecule has 0 N–H and O–H groups in total. The number of nitrogens with zero attached hydrogens (tertiary/aromatic N) is 1. The smallest absolute Gasteiger partial charge is 0.224 e. The van der Waals surface area contributed by atoms with Gasteiger partial charge in [-0.3, -0.25) is 4.79 Å². The number of ether oxygens (including phenoxy) is 1. The predicted molar refractivity (Wildman–Crippen MR) is 49.2 cm³/mol. The molecular weight excluding hydrogens is 178 g/mol. The second-order valence-electron chi connectivity index (χ2n) is 3.89. The Hall–Kier alpha value is -0.120. The van der Waals surface area contributed by atoms with E-state index in [1.807, 2.05) is 21.1 Å². The monoisotopic (exact) mass is 194 g/mol. The quantitative estimate of drug-likeness (QED) is 0.480. The lowest BCUT2D eigenvalue weighted by Crippen LogP contribution is -2.42. The molecule has 12 heavy (non-hydrogen) atoms. The molecule has 0 aromatic rings. The van der Waals surface area contributed by atoms with E-state index in [0.717, 1.165) is 11.0 Å². The Balaban J connectivity index is 3.92. The Labute approximate surface area is 78.8 Å². The van der Waals surface area contributed by atoms with Gasteiger partial charge in [0.05, 0.1) is 27.6 Å². The lowest BCUT2D eigenvalue weighted by atomic mass is 10.2. The maximum atomic E-state index is 10.6. The van der Waals surface area contributed by atoms with Crippen molar-refractivity contribution in [2.45, 2.75) is 12.5 Å². The maximum absolute atomic E-state index is 10.6. The van der Waals surface area contributed by atoms with Crippen molar-refractivity contribution >= 4 is 16.8 Å². The number of quaternary nitrogens is 1. The second-order valence-corrected chi connectivity index (χ2v) is 4.31.